The average molecular weight is 376 g/mol. The molecule has 1 saturated heterocycles. The molecule has 2 aromatic heterocycles. The van der Waals surface area contributed by atoms with Crippen LogP contribution >= 0.6 is 22.6 Å². The minimum atomic E-state index is -0.642. The van der Waals surface area contributed by atoms with Crippen molar-refractivity contribution in [2.45, 2.75) is 18.8 Å². The molecule has 1 aliphatic rings. The Kier molecular flexibility index (Phi) is 3.27. The molecule has 1 aliphatic heterocycles. The summed E-state index contributed by atoms with van der Waals surface area (Å²) in [6, 6.07) is 1.90. The lowest BCUT2D eigenvalue weighted by molar-refractivity contribution is 0.593. The maximum absolute atomic E-state index is 11.4. The van der Waals surface area contributed by atoms with Gasteiger partial charge in [-0.05, 0) is 35.4 Å². The number of anilines is 1. The van der Waals surface area contributed by atoms with Crippen molar-refractivity contribution in [1.82, 2.24) is 14.6 Å². The molecule has 0 saturated carbocycles. The largest absolute Gasteiger partial charge is 0.384 e. The molecule has 2 N–H and O–H groups in total. The predicted molar refractivity (Wildman–Crippen MR) is 80.0 cm³/mol. The lowest BCUT2D eigenvalue weighted by atomic mass is 9.98. The van der Waals surface area contributed by atoms with Gasteiger partial charge in [-0.15, -0.1) is 0 Å². The Morgan fingerprint density at radius 3 is 2.89 bits per heavy atom. The zero-order valence-electron chi connectivity index (χ0n) is 9.67. The maximum atomic E-state index is 11.4. The van der Waals surface area contributed by atoms with Gasteiger partial charge in [0, 0.05) is 40.0 Å². The molecule has 0 spiro atoms. The minimum absolute atomic E-state index is 0.376. The molecule has 0 atom stereocenters. The van der Waals surface area contributed by atoms with E-state index in [0.29, 0.717) is 11.7 Å². The highest BCUT2D eigenvalue weighted by atomic mass is 127. The van der Waals surface area contributed by atoms with Crippen LogP contribution in [0, 0.1) is 3.57 Å². The van der Waals surface area contributed by atoms with E-state index in [2.05, 4.69) is 32.7 Å². The predicted octanol–water partition coefficient (Wildman–Crippen LogP) is 1.54. The Balaban J connectivity index is 2.01. The van der Waals surface area contributed by atoms with E-state index in [0.717, 1.165) is 39.3 Å². The number of fused-ring (bicyclic) bond motifs is 1. The molecule has 7 heteroatoms. The fourth-order valence-corrected chi connectivity index (χ4v) is 4.05. The lowest BCUT2D eigenvalue weighted by Gasteiger charge is -2.21. The Hall–Kier alpha value is -0.700. The fourth-order valence-electron chi connectivity index (χ4n) is 2.28. The van der Waals surface area contributed by atoms with E-state index in [9.17, 15) is 4.21 Å². The van der Waals surface area contributed by atoms with Gasteiger partial charge in [0.1, 0.15) is 5.82 Å². The van der Waals surface area contributed by atoms with Gasteiger partial charge < -0.3 is 5.73 Å². The van der Waals surface area contributed by atoms with E-state index < -0.39 is 10.8 Å². The summed E-state index contributed by atoms with van der Waals surface area (Å²) in [6.45, 7) is 0. The first-order valence-corrected chi connectivity index (χ1v) is 8.36. The third kappa shape index (κ3) is 2.13. The standard InChI is InChI=1S/C11H13IN4OS/c12-8-6-14-16-10(13)5-9(15-11(8)16)7-1-3-18(17)4-2-7/h5-7H,1-4,13H2. The number of halogens is 1. The van der Waals surface area contributed by atoms with Gasteiger partial charge in [-0.25, -0.2) is 4.98 Å². The van der Waals surface area contributed by atoms with Crippen molar-refractivity contribution in [2.24, 2.45) is 0 Å². The molecule has 3 heterocycles. The number of nitrogens with zero attached hydrogens (tertiary/aromatic N) is 3. The van der Waals surface area contributed by atoms with Crippen molar-refractivity contribution < 1.29 is 4.21 Å². The van der Waals surface area contributed by atoms with E-state index in [1.165, 1.54) is 0 Å². The Labute approximate surface area is 121 Å². The number of rotatable bonds is 1. The molecule has 0 unspecified atom stereocenters. The molecular formula is C11H13IN4OS. The summed E-state index contributed by atoms with van der Waals surface area (Å²) in [7, 11) is -0.642. The highest BCUT2D eigenvalue weighted by molar-refractivity contribution is 14.1. The normalized spacial score (nSPS) is 24.5. The Morgan fingerprint density at radius 2 is 2.17 bits per heavy atom. The van der Waals surface area contributed by atoms with Gasteiger partial charge in [0.2, 0.25) is 0 Å². The monoisotopic (exact) mass is 376 g/mol. The lowest BCUT2D eigenvalue weighted by Crippen LogP contribution is -2.18. The van der Waals surface area contributed by atoms with Crippen LogP contribution in [-0.4, -0.2) is 30.3 Å². The van der Waals surface area contributed by atoms with Crippen molar-refractivity contribution in [3.8, 4) is 0 Å². The number of hydrogen-bond donors (Lipinski definition) is 1. The van der Waals surface area contributed by atoms with Crippen LogP contribution in [0.5, 0.6) is 0 Å². The van der Waals surface area contributed by atoms with E-state index in [1.807, 2.05) is 6.07 Å². The first kappa shape index (κ1) is 12.3. The van der Waals surface area contributed by atoms with Crippen molar-refractivity contribution in [3.05, 3.63) is 21.5 Å². The molecule has 0 amide bonds. The van der Waals surface area contributed by atoms with E-state index in [1.54, 1.807) is 10.7 Å². The summed E-state index contributed by atoms with van der Waals surface area (Å²) in [5.41, 5.74) is 7.83. The molecule has 2 aromatic rings. The van der Waals surface area contributed by atoms with Crippen molar-refractivity contribution in [1.29, 1.82) is 0 Å². The average Bonchev–Trinajstić information content (AvgIpc) is 2.73. The molecule has 5 nitrogen and oxygen atoms in total. The van der Waals surface area contributed by atoms with Gasteiger partial charge in [0.25, 0.3) is 0 Å². The highest BCUT2D eigenvalue weighted by Gasteiger charge is 2.22. The summed E-state index contributed by atoms with van der Waals surface area (Å²) in [4.78, 5) is 4.66. The van der Waals surface area contributed by atoms with Gasteiger partial charge in [-0.2, -0.15) is 9.61 Å². The van der Waals surface area contributed by atoms with Crippen LogP contribution in [0.15, 0.2) is 12.3 Å². The number of aromatic nitrogens is 3. The molecule has 0 aromatic carbocycles. The van der Waals surface area contributed by atoms with Gasteiger partial charge in [0.05, 0.1) is 9.77 Å². The highest BCUT2D eigenvalue weighted by Crippen LogP contribution is 2.28. The number of hydrogen-bond acceptors (Lipinski definition) is 4. The molecule has 3 rings (SSSR count). The summed E-state index contributed by atoms with van der Waals surface area (Å²) in [5.74, 6) is 2.53. The van der Waals surface area contributed by atoms with Gasteiger partial charge in [-0.3, -0.25) is 4.21 Å². The summed E-state index contributed by atoms with van der Waals surface area (Å²) >= 11 is 2.21. The molecule has 18 heavy (non-hydrogen) atoms. The van der Waals surface area contributed by atoms with Crippen molar-refractivity contribution in [2.75, 3.05) is 17.2 Å². The zero-order chi connectivity index (χ0) is 12.7. The minimum Gasteiger partial charge on any atom is -0.384 e. The summed E-state index contributed by atoms with van der Waals surface area (Å²) in [5, 5.41) is 4.19. The second-order valence-corrected chi connectivity index (χ2v) is 7.31. The zero-order valence-corrected chi connectivity index (χ0v) is 12.6. The van der Waals surface area contributed by atoms with Crippen LogP contribution in [0.2, 0.25) is 0 Å². The van der Waals surface area contributed by atoms with Gasteiger partial charge >= 0.3 is 0 Å². The van der Waals surface area contributed by atoms with Crippen LogP contribution in [0.25, 0.3) is 5.65 Å². The van der Waals surface area contributed by atoms with Crippen molar-refractivity contribution in [3.63, 3.8) is 0 Å². The third-order valence-electron chi connectivity index (χ3n) is 3.28. The maximum Gasteiger partial charge on any atom is 0.171 e. The van der Waals surface area contributed by atoms with Crippen LogP contribution in [0.4, 0.5) is 5.82 Å². The molecule has 0 radical (unpaired) electrons. The summed E-state index contributed by atoms with van der Waals surface area (Å²) in [6.07, 6.45) is 3.62. The summed E-state index contributed by atoms with van der Waals surface area (Å²) < 4.78 is 14.0. The number of nitrogens with two attached hydrogens (primary N) is 1. The smallest absolute Gasteiger partial charge is 0.171 e. The van der Waals surface area contributed by atoms with Crippen LogP contribution in [0.1, 0.15) is 24.5 Å². The van der Waals surface area contributed by atoms with Gasteiger partial charge in [-0.1, -0.05) is 0 Å². The van der Waals surface area contributed by atoms with Crippen LogP contribution < -0.4 is 5.73 Å². The first-order chi connectivity index (χ1) is 8.65. The fraction of sp³-hybridized carbons (Fsp3) is 0.455. The molecule has 0 aliphatic carbocycles. The molecular weight excluding hydrogens is 363 g/mol. The second-order valence-electron chi connectivity index (χ2n) is 4.46. The topological polar surface area (TPSA) is 73.3 Å². The van der Waals surface area contributed by atoms with Crippen LogP contribution in [-0.2, 0) is 10.8 Å². The first-order valence-electron chi connectivity index (χ1n) is 5.80. The molecule has 96 valence electrons. The second kappa shape index (κ2) is 4.76. The van der Waals surface area contributed by atoms with E-state index in [4.69, 9.17) is 5.73 Å². The molecule has 1 fully saturated rings. The SMILES string of the molecule is Nc1cc(C2CCS(=O)CC2)nc2c(I)cnn12. The quantitative estimate of drug-likeness (QED) is 0.767. The molecule has 0 bridgehead atoms. The Morgan fingerprint density at radius 1 is 1.44 bits per heavy atom. The third-order valence-corrected chi connectivity index (χ3v) is 5.43. The van der Waals surface area contributed by atoms with Crippen molar-refractivity contribution >= 4 is 44.9 Å². The van der Waals surface area contributed by atoms with E-state index >= 15 is 0 Å². The Bertz CT molecular complexity index is 617. The van der Waals surface area contributed by atoms with Gasteiger partial charge in [0.15, 0.2) is 5.65 Å². The van der Waals surface area contributed by atoms with Crippen LogP contribution in [0.3, 0.4) is 0 Å². The number of nitrogen functional groups attached to an aromatic ring is 1. The van der Waals surface area contributed by atoms with E-state index in [-0.39, 0.29) is 0 Å².